The van der Waals surface area contributed by atoms with E-state index in [-0.39, 0.29) is 0 Å². The number of rotatable bonds is 5. The third kappa shape index (κ3) is 4.83. The van der Waals surface area contributed by atoms with Gasteiger partial charge >= 0.3 is 0 Å². The molecule has 0 unspecified atom stereocenters. The standard InChI is InChI=1S/C54H35N/c1-3-16-36(17-4-1)38-20-13-21-39(32-38)40-22-14-23-41(33-40)42-34-51(37-18-5-2-6-19-37)55-52(35-42)46-27-15-31-50-53(46)45-26-9-12-30-49(45)54(50)47-28-10-7-24-43(47)44-25-8-11-29-48(44)54/h1-35H. The largest absolute Gasteiger partial charge is 0.248 e. The normalized spacial score (nSPS) is 12.9. The first kappa shape index (κ1) is 31.4. The van der Waals surface area contributed by atoms with E-state index in [0.29, 0.717) is 0 Å². The number of hydrogen-bond donors (Lipinski definition) is 0. The Bertz CT molecular complexity index is 2880. The fourth-order valence-electron chi connectivity index (χ4n) is 9.34. The number of benzene rings is 8. The number of fused-ring (bicyclic) bond motifs is 10. The van der Waals surface area contributed by atoms with Crippen molar-refractivity contribution in [2.75, 3.05) is 0 Å². The lowest BCUT2D eigenvalue weighted by atomic mass is 9.70. The Labute approximate surface area is 321 Å². The summed E-state index contributed by atoms with van der Waals surface area (Å²) in [6.07, 6.45) is 0. The molecule has 0 aliphatic heterocycles. The summed E-state index contributed by atoms with van der Waals surface area (Å²) in [6.45, 7) is 0. The number of pyridine rings is 1. The smallest absolute Gasteiger partial charge is 0.0725 e. The van der Waals surface area contributed by atoms with Crippen LogP contribution in [0.25, 0.3) is 78.1 Å². The molecule has 11 rings (SSSR count). The second-order valence-corrected chi connectivity index (χ2v) is 14.6. The van der Waals surface area contributed by atoms with Gasteiger partial charge in [0.25, 0.3) is 0 Å². The highest BCUT2D eigenvalue weighted by atomic mass is 14.7. The van der Waals surface area contributed by atoms with Crippen LogP contribution in [-0.4, -0.2) is 4.98 Å². The van der Waals surface area contributed by atoms with Crippen LogP contribution in [0.15, 0.2) is 212 Å². The van der Waals surface area contributed by atoms with E-state index >= 15 is 0 Å². The monoisotopic (exact) mass is 697 g/mol. The fourth-order valence-corrected chi connectivity index (χ4v) is 9.34. The number of hydrogen-bond acceptors (Lipinski definition) is 1. The molecule has 0 atom stereocenters. The zero-order chi connectivity index (χ0) is 36.3. The first-order valence-electron chi connectivity index (χ1n) is 19.0. The Morgan fingerprint density at radius 1 is 0.255 bits per heavy atom. The summed E-state index contributed by atoms with van der Waals surface area (Å²) in [5.74, 6) is 0. The molecule has 1 spiro atoms. The zero-order valence-corrected chi connectivity index (χ0v) is 30.2. The molecule has 1 aromatic heterocycles. The van der Waals surface area contributed by atoms with Crippen LogP contribution in [0, 0.1) is 0 Å². The Kier molecular flexibility index (Phi) is 7.15. The Hall–Kier alpha value is -7.09. The lowest BCUT2D eigenvalue weighted by molar-refractivity contribution is 0.794. The van der Waals surface area contributed by atoms with Gasteiger partial charge in [0.05, 0.1) is 16.8 Å². The van der Waals surface area contributed by atoms with E-state index in [1.165, 1.54) is 66.8 Å². The minimum atomic E-state index is -0.405. The fraction of sp³-hybridized carbons (Fsp3) is 0.0185. The second-order valence-electron chi connectivity index (χ2n) is 14.6. The number of nitrogens with zero attached hydrogens (tertiary/aromatic N) is 1. The minimum absolute atomic E-state index is 0.405. The predicted octanol–water partition coefficient (Wildman–Crippen LogP) is 13.8. The maximum atomic E-state index is 5.48. The molecule has 256 valence electrons. The van der Waals surface area contributed by atoms with Crippen molar-refractivity contribution in [1.29, 1.82) is 0 Å². The van der Waals surface area contributed by atoms with E-state index < -0.39 is 5.41 Å². The molecular formula is C54H35N. The van der Waals surface area contributed by atoms with Crippen molar-refractivity contribution in [2.24, 2.45) is 0 Å². The SMILES string of the molecule is c1ccc(-c2cccc(-c3cccc(-c4cc(-c5ccccc5)nc(-c5cccc6c5-c5ccccc5C65c6ccccc6-c6ccccc65)c4)c3)c2)cc1. The third-order valence-corrected chi connectivity index (χ3v) is 11.7. The van der Waals surface area contributed by atoms with Gasteiger partial charge in [0.1, 0.15) is 0 Å². The zero-order valence-electron chi connectivity index (χ0n) is 30.2. The third-order valence-electron chi connectivity index (χ3n) is 11.7. The van der Waals surface area contributed by atoms with Gasteiger partial charge in [0, 0.05) is 11.1 Å². The van der Waals surface area contributed by atoms with Crippen molar-refractivity contribution in [3.8, 4) is 78.1 Å². The summed E-state index contributed by atoms with van der Waals surface area (Å²) in [7, 11) is 0. The average Bonchev–Trinajstić information content (AvgIpc) is 3.75. The maximum absolute atomic E-state index is 5.48. The van der Waals surface area contributed by atoms with E-state index in [0.717, 1.165) is 33.6 Å². The van der Waals surface area contributed by atoms with Gasteiger partial charge in [-0.25, -0.2) is 4.98 Å². The highest BCUT2D eigenvalue weighted by molar-refractivity contribution is 6.00. The molecule has 55 heavy (non-hydrogen) atoms. The highest BCUT2D eigenvalue weighted by Gasteiger charge is 2.52. The van der Waals surface area contributed by atoms with Gasteiger partial charge in [-0.1, -0.05) is 188 Å². The molecule has 1 heteroatoms. The molecule has 9 aromatic rings. The van der Waals surface area contributed by atoms with Crippen LogP contribution in [0.1, 0.15) is 22.3 Å². The van der Waals surface area contributed by atoms with Crippen molar-refractivity contribution in [3.63, 3.8) is 0 Å². The van der Waals surface area contributed by atoms with Gasteiger partial charge in [0.2, 0.25) is 0 Å². The van der Waals surface area contributed by atoms with E-state index in [4.69, 9.17) is 4.98 Å². The lowest BCUT2D eigenvalue weighted by Crippen LogP contribution is -2.25. The van der Waals surface area contributed by atoms with Crippen molar-refractivity contribution in [1.82, 2.24) is 4.98 Å². The molecule has 0 amide bonds. The molecule has 0 radical (unpaired) electrons. The van der Waals surface area contributed by atoms with E-state index in [9.17, 15) is 0 Å². The topological polar surface area (TPSA) is 12.9 Å². The molecule has 0 bridgehead atoms. The average molecular weight is 698 g/mol. The first-order valence-corrected chi connectivity index (χ1v) is 19.0. The summed E-state index contributed by atoms with van der Waals surface area (Å²) >= 11 is 0. The Balaban J connectivity index is 1.12. The molecule has 0 saturated heterocycles. The second kappa shape index (κ2) is 12.5. The van der Waals surface area contributed by atoms with Crippen LogP contribution in [0.2, 0.25) is 0 Å². The summed E-state index contributed by atoms with van der Waals surface area (Å²) in [6, 6.07) is 77.4. The van der Waals surface area contributed by atoms with Crippen LogP contribution in [-0.2, 0) is 5.41 Å². The molecule has 0 fully saturated rings. The van der Waals surface area contributed by atoms with Crippen LogP contribution in [0.3, 0.4) is 0 Å². The molecule has 0 N–H and O–H groups in total. The van der Waals surface area contributed by atoms with Gasteiger partial charge in [-0.05, 0) is 102 Å². The summed E-state index contributed by atoms with van der Waals surface area (Å²) in [5, 5.41) is 0. The van der Waals surface area contributed by atoms with Gasteiger partial charge in [-0.3, -0.25) is 0 Å². The molecule has 8 aromatic carbocycles. The molecule has 2 aliphatic carbocycles. The van der Waals surface area contributed by atoms with Gasteiger partial charge in [-0.2, -0.15) is 0 Å². The summed E-state index contributed by atoms with van der Waals surface area (Å²) in [4.78, 5) is 5.48. The molecule has 1 nitrogen and oxygen atoms in total. The van der Waals surface area contributed by atoms with Crippen LogP contribution in [0.5, 0.6) is 0 Å². The lowest BCUT2D eigenvalue weighted by Gasteiger charge is -2.30. The van der Waals surface area contributed by atoms with Crippen molar-refractivity contribution in [2.45, 2.75) is 5.41 Å². The molecule has 0 saturated carbocycles. The van der Waals surface area contributed by atoms with E-state index in [1.54, 1.807) is 0 Å². The van der Waals surface area contributed by atoms with E-state index in [1.807, 2.05) is 0 Å². The predicted molar refractivity (Wildman–Crippen MR) is 228 cm³/mol. The molecule has 1 heterocycles. The number of aromatic nitrogens is 1. The van der Waals surface area contributed by atoms with Gasteiger partial charge < -0.3 is 0 Å². The van der Waals surface area contributed by atoms with Crippen LogP contribution < -0.4 is 0 Å². The van der Waals surface area contributed by atoms with Crippen molar-refractivity contribution in [3.05, 3.63) is 235 Å². The highest BCUT2D eigenvalue weighted by Crippen LogP contribution is 2.63. The summed E-state index contributed by atoms with van der Waals surface area (Å²) in [5.41, 5.74) is 21.4. The Morgan fingerprint density at radius 2 is 0.655 bits per heavy atom. The molecule has 2 aliphatic rings. The summed E-state index contributed by atoms with van der Waals surface area (Å²) < 4.78 is 0. The minimum Gasteiger partial charge on any atom is -0.248 e. The van der Waals surface area contributed by atoms with Crippen molar-refractivity contribution < 1.29 is 0 Å². The molecular weight excluding hydrogens is 663 g/mol. The maximum Gasteiger partial charge on any atom is 0.0725 e. The van der Waals surface area contributed by atoms with Crippen LogP contribution >= 0.6 is 0 Å². The van der Waals surface area contributed by atoms with Gasteiger partial charge in [-0.15, -0.1) is 0 Å². The first-order chi connectivity index (χ1) is 27.3. The van der Waals surface area contributed by atoms with Gasteiger partial charge in [0.15, 0.2) is 0 Å². The van der Waals surface area contributed by atoms with E-state index in [2.05, 4.69) is 212 Å². The van der Waals surface area contributed by atoms with Crippen LogP contribution in [0.4, 0.5) is 0 Å². The van der Waals surface area contributed by atoms with Crippen molar-refractivity contribution >= 4 is 0 Å². The quantitative estimate of drug-likeness (QED) is 0.174. The Morgan fingerprint density at radius 3 is 1.27 bits per heavy atom.